The van der Waals surface area contributed by atoms with Crippen molar-refractivity contribution in [1.82, 2.24) is 0 Å². The molecule has 0 aliphatic heterocycles. The van der Waals surface area contributed by atoms with E-state index in [1.165, 1.54) is 39.0 Å². The number of para-hydroxylation sites is 1. The summed E-state index contributed by atoms with van der Waals surface area (Å²) in [4.78, 5) is 48.1. The van der Waals surface area contributed by atoms with Crippen molar-refractivity contribution in [3.8, 4) is 0 Å². The molecule has 0 heterocycles. The van der Waals surface area contributed by atoms with E-state index < -0.39 is 18.0 Å². The van der Waals surface area contributed by atoms with Crippen molar-refractivity contribution in [2.24, 2.45) is 0 Å². The van der Waals surface area contributed by atoms with Gasteiger partial charge in [0, 0.05) is 30.9 Å². The van der Waals surface area contributed by atoms with Crippen LogP contribution in [0.5, 0.6) is 0 Å². The summed E-state index contributed by atoms with van der Waals surface area (Å²) < 4.78 is 5.34. The van der Waals surface area contributed by atoms with Gasteiger partial charge in [-0.1, -0.05) is 32.0 Å². The van der Waals surface area contributed by atoms with Crippen LogP contribution in [0.3, 0.4) is 0 Å². The second-order valence-corrected chi connectivity index (χ2v) is 7.59. The molecule has 0 radical (unpaired) electrons. The van der Waals surface area contributed by atoms with E-state index in [-0.39, 0.29) is 23.3 Å². The molecule has 0 aliphatic carbocycles. The number of hydrogen-bond acceptors (Lipinski definition) is 5. The molecule has 32 heavy (non-hydrogen) atoms. The van der Waals surface area contributed by atoms with Crippen LogP contribution in [0.15, 0.2) is 42.5 Å². The molecule has 0 spiro atoms. The van der Waals surface area contributed by atoms with Crippen LogP contribution in [0.25, 0.3) is 0 Å². The van der Waals surface area contributed by atoms with Crippen molar-refractivity contribution in [1.29, 1.82) is 0 Å². The number of hydrogen-bond donors (Lipinski definition) is 3. The number of benzene rings is 2. The molecule has 0 bridgehead atoms. The first-order valence-electron chi connectivity index (χ1n) is 10.4. The fourth-order valence-electron chi connectivity index (χ4n) is 3.07. The summed E-state index contributed by atoms with van der Waals surface area (Å²) in [5, 5.41) is 7.96. The topological polar surface area (TPSA) is 114 Å². The third-order valence-electron chi connectivity index (χ3n) is 4.82. The predicted octanol–water partition coefficient (Wildman–Crippen LogP) is 4.30. The molecule has 2 aromatic carbocycles. The van der Waals surface area contributed by atoms with Gasteiger partial charge in [0.1, 0.15) is 0 Å². The van der Waals surface area contributed by atoms with Gasteiger partial charge in [-0.2, -0.15) is 0 Å². The first-order valence-corrected chi connectivity index (χ1v) is 10.4. The third-order valence-corrected chi connectivity index (χ3v) is 4.82. The van der Waals surface area contributed by atoms with E-state index in [4.69, 9.17) is 4.74 Å². The van der Waals surface area contributed by atoms with Crippen molar-refractivity contribution in [3.63, 3.8) is 0 Å². The Hall–Kier alpha value is -3.68. The van der Waals surface area contributed by atoms with Crippen molar-refractivity contribution in [2.45, 2.75) is 53.1 Å². The van der Waals surface area contributed by atoms with Gasteiger partial charge in [-0.05, 0) is 49.1 Å². The third kappa shape index (κ3) is 6.94. The normalized spacial score (nSPS) is 12.3. The van der Waals surface area contributed by atoms with E-state index in [1.807, 2.05) is 24.3 Å². The first-order chi connectivity index (χ1) is 15.1. The largest absolute Gasteiger partial charge is 0.449 e. The highest BCUT2D eigenvalue weighted by molar-refractivity contribution is 6.00. The Morgan fingerprint density at radius 3 is 1.97 bits per heavy atom. The minimum Gasteiger partial charge on any atom is -0.449 e. The number of rotatable bonds is 8. The van der Waals surface area contributed by atoms with E-state index in [2.05, 4.69) is 29.8 Å². The molecule has 2 rings (SSSR count). The summed E-state index contributed by atoms with van der Waals surface area (Å²) in [5.74, 6) is -1.64. The molecule has 170 valence electrons. The molecule has 2 atom stereocenters. The first kappa shape index (κ1) is 24.6. The molecule has 8 nitrogen and oxygen atoms in total. The average molecular weight is 440 g/mol. The van der Waals surface area contributed by atoms with Crippen molar-refractivity contribution in [3.05, 3.63) is 53.6 Å². The van der Waals surface area contributed by atoms with Crippen LogP contribution in [0.4, 0.5) is 17.1 Å². The second-order valence-electron chi connectivity index (χ2n) is 7.59. The molecule has 3 amide bonds. The summed E-state index contributed by atoms with van der Waals surface area (Å²) in [7, 11) is 0. The van der Waals surface area contributed by atoms with Crippen LogP contribution in [0, 0.1) is 0 Å². The van der Waals surface area contributed by atoms with Gasteiger partial charge in [-0.25, -0.2) is 4.79 Å². The predicted molar refractivity (Wildman–Crippen MR) is 124 cm³/mol. The van der Waals surface area contributed by atoms with Gasteiger partial charge >= 0.3 is 5.97 Å². The fraction of sp³-hybridized carbons (Fsp3) is 0.333. The molecule has 8 heteroatoms. The molecule has 0 aliphatic rings. The number of carbonyl (C=O) groups excluding carboxylic acids is 4. The van der Waals surface area contributed by atoms with Crippen LogP contribution in [0.2, 0.25) is 0 Å². The Bertz CT molecular complexity index is 984. The Labute approximate surface area is 187 Å². The molecule has 0 saturated carbocycles. The van der Waals surface area contributed by atoms with Crippen LogP contribution < -0.4 is 16.0 Å². The van der Waals surface area contributed by atoms with Gasteiger partial charge in [0.25, 0.3) is 5.91 Å². The van der Waals surface area contributed by atoms with E-state index in [0.29, 0.717) is 17.1 Å². The summed E-state index contributed by atoms with van der Waals surface area (Å²) in [6.45, 7) is 8.27. The van der Waals surface area contributed by atoms with Crippen molar-refractivity contribution >= 4 is 40.8 Å². The number of carbonyl (C=O) groups is 4. The Morgan fingerprint density at radius 1 is 0.875 bits per heavy atom. The van der Waals surface area contributed by atoms with Gasteiger partial charge in [-0.3, -0.25) is 14.4 Å². The smallest absolute Gasteiger partial charge is 0.339 e. The Morgan fingerprint density at radius 2 is 1.44 bits per heavy atom. The average Bonchev–Trinajstić information content (AvgIpc) is 2.72. The van der Waals surface area contributed by atoms with Gasteiger partial charge < -0.3 is 20.7 Å². The summed E-state index contributed by atoms with van der Waals surface area (Å²) in [6.07, 6.45) is -0.153. The minimum atomic E-state index is -1.07. The highest BCUT2D eigenvalue weighted by atomic mass is 16.5. The molecule has 0 aromatic heterocycles. The maximum Gasteiger partial charge on any atom is 0.339 e. The van der Waals surface area contributed by atoms with Crippen LogP contribution >= 0.6 is 0 Å². The zero-order valence-electron chi connectivity index (χ0n) is 18.9. The zero-order chi connectivity index (χ0) is 23.8. The number of anilines is 3. The molecular weight excluding hydrogens is 410 g/mol. The van der Waals surface area contributed by atoms with E-state index in [1.54, 1.807) is 0 Å². The van der Waals surface area contributed by atoms with Crippen LogP contribution in [0.1, 0.15) is 62.9 Å². The zero-order valence-corrected chi connectivity index (χ0v) is 18.9. The standard InChI is InChI=1S/C24H29N3O5/c1-6-14(2)21-9-7-8-10-22(21)27-23(30)15(3)32-24(31)18-11-19(25-16(4)28)13-20(12-18)26-17(5)29/h7-15H,6H2,1-5H3,(H,25,28)(H,26,29)(H,27,30). The van der Waals surface area contributed by atoms with E-state index in [0.717, 1.165) is 12.0 Å². The van der Waals surface area contributed by atoms with Gasteiger partial charge in [0.2, 0.25) is 11.8 Å². The number of amides is 3. The SMILES string of the molecule is CCC(C)c1ccccc1NC(=O)C(C)OC(=O)c1cc(NC(C)=O)cc(NC(C)=O)c1. The monoisotopic (exact) mass is 439 g/mol. The Balaban J connectivity index is 2.17. The van der Waals surface area contributed by atoms with E-state index >= 15 is 0 Å². The molecule has 0 fully saturated rings. The Kier molecular flexibility index (Phi) is 8.52. The van der Waals surface area contributed by atoms with Gasteiger partial charge in [0.15, 0.2) is 6.10 Å². The highest BCUT2D eigenvalue weighted by Crippen LogP contribution is 2.27. The van der Waals surface area contributed by atoms with Gasteiger partial charge in [0.05, 0.1) is 5.56 Å². The molecular formula is C24H29N3O5. The quantitative estimate of drug-likeness (QED) is 0.531. The summed E-state index contributed by atoms with van der Waals surface area (Å²) in [6, 6.07) is 11.9. The van der Waals surface area contributed by atoms with Gasteiger partial charge in [-0.15, -0.1) is 0 Å². The fourth-order valence-corrected chi connectivity index (χ4v) is 3.07. The molecule has 2 unspecified atom stereocenters. The van der Waals surface area contributed by atoms with E-state index in [9.17, 15) is 19.2 Å². The number of esters is 1. The summed E-state index contributed by atoms with van der Waals surface area (Å²) in [5.41, 5.74) is 2.39. The maximum atomic E-state index is 12.7. The highest BCUT2D eigenvalue weighted by Gasteiger charge is 2.21. The van der Waals surface area contributed by atoms with Crippen LogP contribution in [-0.4, -0.2) is 29.8 Å². The lowest BCUT2D eigenvalue weighted by molar-refractivity contribution is -0.123. The minimum absolute atomic E-state index is 0.0830. The van der Waals surface area contributed by atoms with Crippen LogP contribution in [-0.2, 0) is 19.1 Å². The lowest BCUT2D eigenvalue weighted by Gasteiger charge is -2.18. The number of nitrogens with one attached hydrogen (secondary N) is 3. The molecule has 0 saturated heterocycles. The second kappa shape index (κ2) is 11.1. The lowest BCUT2D eigenvalue weighted by Crippen LogP contribution is -2.30. The number of ether oxygens (including phenoxy) is 1. The molecule has 3 N–H and O–H groups in total. The maximum absolute atomic E-state index is 12.7. The lowest BCUT2D eigenvalue weighted by atomic mass is 9.97. The molecule has 2 aromatic rings. The van der Waals surface area contributed by atoms with Crippen molar-refractivity contribution < 1.29 is 23.9 Å². The summed E-state index contributed by atoms with van der Waals surface area (Å²) >= 11 is 0. The van der Waals surface area contributed by atoms with Crippen molar-refractivity contribution in [2.75, 3.05) is 16.0 Å².